The van der Waals surface area contributed by atoms with E-state index in [4.69, 9.17) is 0 Å². The molecule has 1 unspecified atom stereocenters. The Kier molecular flexibility index (Phi) is 5.11. The molecule has 6 heteroatoms. The lowest BCUT2D eigenvalue weighted by Gasteiger charge is -2.36. The minimum Gasteiger partial charge on any atom is -0.314 e. The Morgan fingerprint density at radius 2 is 2.15 bits per heavy atom. The molecular weight excluding hydrogens is 274 g/mol. The summed E-state index contributed by atoms with van der Waals surface area (Å²) in [6, 6.07) is 4.62. The van der Waals surface area contributed by atoms with Crippen molar-refractivity contribution in [2.75, 3.05) is 19.6 Å². The summed E-state index contributed by atoms with van der Waals surface area (Å²) in [6.45, 7) is 4.04. The molecule has 3 rings (SSSR count). The number of halogens is 1. The summed E-state index contributed by atoms with van der Waals surface area (Å²) in [6.07, 6.45) is 7.77. The first-order chi connectivity index (χ1) is 9.33. The zero-order chi connectivity index (χ0) is 13.1. The number of aromatic nitrogens is 3. The third kappa shape index (κ3) is 3.36. The second kappa shape index (κ2) is 6.83. The maximum Gasteiger partial charge on any atom is 0.0534 e. The van der Waals surface area contributed by atoms with Crippen LogP contribution in [0.2, 0.25) is 0 Å². The van der Waals surface area contributed by atoms with Crippen LogP contribution >= 0.6 is 12.4 Å². The summed E-state index contributed by atoms with van der Waals surface area (Å²) in [5.74, 6) is 0. The highest BCUT2D eigenvalue weighted by atomic mass is 35.5. The van der Waals surface area contributed by atoms with Gasteiger partial charge in [0.15, 0.2) is 0 Å². The van der Waals surface area contributed by atoms with Gasteiger partial charge in [-0.15, -0.1) is 12.4 Å². The molecule has 1 N–H and O–H groups in total. The van der Waals surface area contributed by atoms with Gasteiger partial charge in [0.05, 0.1) is 6.20 Å². The van der Waals surface area contributed by atoms with Crippen molar-refractivity contribution in [2.45, 2.75) is 12.6 Å². The van der Waals surface area contributed by atoms with Crippen LogP contribution in [0.25, 0.3) is 0 Å². The van der Waals surface area contributed by atoms with E-state index in [0.717, 1.165) is 26.2 Å². The zero-order valence-corrected chi connectivity index (χ0v) is 12.4. The average Bonchev–Trinajstić information content (AvgIpc) is 2.86. The highest BCUT2D eigenvalue weighted by Crippen LogP contribution is 2.23. The largest absolute Gasteiger partial charge is 0.314 e. The van der Waals surface area contributed by atoms with Crippen molar-refractivity contribution in [1.82, 2.24) is 25.0 Å². The van der Waals surface area contributed by atoms with E-state index in [1.165, 1.54) is 11.1 Å². The van der Waals surface area contributed by atoms with Crippen LogP contribution in [0.4, 0.5) is 0 Å². The van der Waals surface area contributed by atoms with E-state index in [9.17, 15) is 0 Å². The van der Waals surface area contributed by atoms with Gasteiger partial charge in [0.2, 0.25) is 0 Å². The van der Waals surface area contributed by atoms with Crippen molar-refractivity contribution in [3.63, 3.8) is 0 Å². The normalized spacial score (nSPS) is 19.6. The van der Waals surface area contributed by atoms with Gasteiger partial charge >= 0.3 is 0 Å². The summed E-state index contributed by atoms with van der Waals surface area (Å²) >= 11 is 0. The Labute approximate surface area is 125 Å². The van der Waals surface area contributed by atoms with Crippen LogP contribution in [0.3, 0.4) is 0 Å². The number of hydrogen-bond acceptors (Lipinski definition) is 4. The first kappa shape index (κ1) is 15.0. The topological polar surface area (TPSA) is 46.0 Å². The van der Waals surface area contributed by atoms with Gasteiger partial charge in [-0.1, -0.05) is 0 Å². The lowest BCUT2D eigenvalue weighted by Crippen LogP contribution is -2.45. The van der Waals surface area contributed by atoms with Crippen LogP contribution in [0, 0.1) is 0 Å². The molecular formula is C14H20ClN5. The molecule has 1 aliphatic rings. The van der Waals surface area contributed by atoms with Crippen LogP contribution in [0.15, 0.2) is 36.9 Å². The number of rotatable bonds is 3. The van der Waals surface area contributed by atoms with Crippen molar-refractivity contribution in [2.24, 2.45) is 7.05 Å². The Bertz CT molecular complexity index is 527. The van der Waals surface area contributed by atoms with Gasteiger partial charge in [0, 0.05) is 63.4 Å². The Morgan fingerprint density at radius 3 is 2.85 bits per heavy atom. The zero-order valence-electron chi connectivity index (χ0n) is 11.6. The van der Waals surface area contributed by atoms with Crippen molar-refractivity contribution >= 4 is 12.4 Å². The fraction of sp³-hybridized carbons (Fsp3) is 0.429. The summed E-state index contributed by atoms with van der Waals surface area (Å²) in [5.41, 5.74) is 2.59. The molecule has 0 amide bonds. The molecule has 3 heterocycles. The summed E-state index contributed by atoms with van der Waals surface area (Å²) in [5, 5.41) is 7.72. The molecule has 1 atom stereocenters. The third-order valence-corrected chi connectivity index (χ3v) is 3.59. The van der Waals surface area contributed by atoms with Crippen molar-refractivity contribution < 1.29 is 0 Å². The van der Waals surface area contributed by atoms with Crippen molar-refractivity contribution in [3.8, 4) is 0 Å². The van der Waals surface area contributed by atoms with Gasteiger partial charge in [-0.05, 0) is 17.7 Å². The molecule has 0 spiro atoms. The number of piperazine rings is 1. The molecule has 1 fully saturated rings. The van der Waals surface area contributed by atoms with Gasteiger partial charge < -0.3 is 5.32 Å². The monoisotopic (exact) mass is 293 g/mol. The summed E-state index contributed by atoms with van der Waals surface area (Å²) in [7, 11) is 1.96. The highest BCUT2D eigenvalue weighted by Gasteiger charge is 2.23. The van der Waals surface area contributed by atoms with E-state index < -0.39 is 0 Å². The van der Waals surface area contributed by atoms with Crippen LogP contribution in [-0.4, -0.2) is 39.3 Å². The standard InChI is InChI=1S/C14H19N5.ClH/c1-18-10-12(8-17-18)11-19-7-6-16-9-14(19)13-2-4-15-5-3-13;/h2-5,8,10,14,16H,6-7,9,11H2,1H3;1H. The minimum absolute atomic E-state index is 0. The number of nitrogens with one attached hydrogen (secondary N) is 1. The predicted molar refractivity (Wildman–Crippen MR) is 80.7 cm³/mol. The molecule has 2 aromatic heterocycles. The predicted octanol–water partition coefficient (Wildman–Crippen LogP) is 1.38. The third-order valence-electron chi connectivity index (χ3n) is 3.59. The molecule has 1 saturated heterocycles. The quantitative estimate of drug-likeness (QED) is 0.929. The van der Waals surface area contributed by atoms with Crippen LogP contribution in [-0.2, 0) is 13.6 Å². The molecule has 0 bridgehead atoms. The number of hydrogen-bond donors (Lipinski definition) is 1. The molecule has 0 aromatic carbocycles. The van der Waals surface area contributed by atoms with Gasteiger partial charge in [-0.3, -0.25) is 14.6 Å². The molecule has 0 aliphatic carbocycles. The number of nitrogens with zero attached hydrogens (tertiary/aromatic N) is 4. The van der Waals surface area contributed by atoms with Gasteiger partial charge in [-0.25, -0.2) is 0 Å². The second-order valence-corrected chi connectivity index (χ2v) is 4.99. The van der Waals surface area contributed by atoms with Crippen molar-refractivity contribution in [1.29, 1.82) is 0 Å². The maximum atomic E-state index is 4.24. The second-order valence-electron chi connectivity index (χ2n) is 4.99. The Balaban J connectivity index is 0.00000147. The molecule has 20 heavy (non-hydrogen) atoms. The smallest absolute Gasteiger partial charge is 0.0534 e. The van der Waals surface area contributed by atoms with E-state index in [1.54, 1.807) is 0 Å². The molecule has 0 radical (unpaired) electrons. The summed E-state index contributed by atoms with van der Waals surface area (Å²) in [4.78, 5) is 6.60. The molecule has 108 valence electrons. The first-order valence-electron chi connectivity index (χ1n) is 6.65. The maximum absolute atomic E-state index is 4.24. The Morgan fingerprint density at radius 1 is 1.35 bits per heavy atom. The van der Waals surface area contributed by atoms with Gasteiger partial charge in [-0.2, -0.15) is 5.10 Å². The average molecular weight is 294 g/mol. The van der Waals surface area contributed by atoms with Crippen molar-refractivity contribution in [3.05, 3.63) is 48.0 Å². The SMILES string of the molecule is Cl.Cn1cc(CN2CCNCC2c2ccncc2)cn1. The minimum atomic E-state index is 0. The Hall–Kier alpha value is -1.43. The number of aryl methyl sites for hydroxylation is 1. The lowest BCUT2D eigenvalue weighted by atomic mass is 10.0. The van der Waals surface area contributed by atoms with Crippen LogP contribution in [0.1, 0.15) is 17.2 Å². The van der Waals surface area contributed by atoms with Gasteiger partial charge in [0.25, 0.3) is 0 Å². The highest BCUT2D eigenvalue weighted by molar-refractivity contribution is 5.85. The molecule has 2 aromatic rings. The van der Waals surface area contributed by atoms with Gasteiger partial charge in [0.1, 0.15) is 0 Å². The lowest BCUT2D eigenvalue weighted by molar-refractivity contribution is 0.153. The molecule has 5 nitrogen and oxygen atoms in total. The number of pyridine rings is 1. The fourth-order valence-electron chi connectivity index (χ4n) is 2.64. The van der Waals surface area contributed by atoms with E-state index >= 15 is 0 Å². The first-order valence-corrected chi connectivity index (χ1v) is 6.65. The molecule has 1 aliphatic heterocycles. The van der Waals surface area contributed by atoms with E-state index in [1.807, 2.05) is 30.3 Å². The van der Waals surface area contributed by atoms with Crippen LogP contribution < -0.4 is 5.32 Å². The fourth-order valence-corrected chi connectivity index (χ4v) is 2.64. The van der Waals surface area contributed by atoms with E-state index in [2.05, 4.69) is 38.6 Å². The molecule has 0 saturated carbocycles. The van der Waals surface area contributed by atoms with Crippen LogP contribution in [0.5, 0.6) is 0 Å². The summed E-state index contributed by atoms with van der Waals surface area (Å²) < 4.78 is 1.86. The van der Waals surface area contributed by atoms with E-state index in [0.29, 0.717) is 6.04 Å². The van der Waals surface area contributed by atoms with E-state index in [-0.39, 0.29) is 12.4 Å².